The van der Waals surface area contributed by atoms with E-state index in [1.54, 1.807) is 0 Å². The fraction of sp³-hybridized carbons (Fsp3) is 0.304. The van der Waals surface area contributed by atoms with Crippen LogP contribution in [0.5, 0.6) is 0 Å². The van der Waals surface area contributed by atoms with Gasteiger partial charge in [0, 0.05) is 0 Å². The van der Waals surface area contributed by atoms with Crippen molar-refractivity contribution in [2.45, 2.75) is 48.5 Å². The normalized spacial score (nSPS) is 11.3. The molecule has 0 N–H and O–H groups in total. The van der Waals surface area contributed by atoms with Crippen molar-refractivity contribution in [2.75, 3.05) is 0 Å². The minimum atomic E-state index is 1.05. The molecule has 0 aliphatic carbocycles. The smallest absolute Gasteiger partial charge is 0.00762 e. The Kier molecular flexibility index (Phi) is 13.7. The molecule has 0 bridgehead atoms. The van der Waals surface area contributed by atoms with Gasteiger partial charge in [-0.1, -0.05) is 83.9 Å². The van der Waals surface area contributed by atoms with E-state index in [1.165, 1.54) is 21.6 Å². The Labute approximate surface area is 144 Å². The average molecular weight is 311 g/mol. The van der Waals surface area contributed by atoms with Crippen molar-refractivity contribution in [3.8, 4) is 0 Å². The SMILES string of the molecule is C=C/C=c1/c(C(=C)C)c(/C=C\C)c(C=C)c/c1=C/C.CC.CC. The summed E-state index contributed by atoms with van der Waals surface area (Å²) >= 11 is 0. The Morgan fingerprint density at radius 1 is 1.04 bits per heavy atom. The van der Waals surface area contributed by atoms with Crippen LogP contribution in [0.4, 0.5) is 0 Å². The molecule has 1 aromatic rings. The molecule has 0 unspecified atom stereocenters. The molecule has 0 heteroatoms. The van der Waals surface area contributed by atoms with Crippen LogP contribution in [-0.4, -0.2) is 0 Å². The molecule has 0 aliphatic rings. The van der Waals surface area contributed by atoms with E-state index in [0.717, 1.165) is 11.1 Å². The van der Waals surface area contributed by atoms with Crippen molar-refractivity contribution in [2.24, 2.45) is 0 Å². The lowest BCUT2D eigenvalue weighted by molar-refractivity contribution is 1.40. The largest absolute Gasteiger partial charge is 0.0990 e. The standard InChI is InChI=1S/C19H22.2C2H6/c1-7-11-17-15(9-3)13-16(10-4)18(12-8-2)19(17)14(5)6;2*1-2/h7-13H,1,4-5H2,2-3,6H3;2*1-2H3/b12-8-,15-9-,17-11+;;. The predicted octanol–water partition coefficient (Wildman–Crippen LogP) is 6.22. The second-order valence-corrected chi connectivity index (χ2v) is 4.43. The van der Waals surface area contributed by atoms with Crippen molar-refractivity contribution in [1.29, 1.82) is 0 Å². The van der Waals surface area contributed by atoms with Crippen LogP contribution < -0.4 is 10.4 Å². The first-order valence-corrected chi connectivity index (χ1v) is 8.47. The molecule has 0 atom stereocenters. The zero-order valence-corrected chi connectivity index (χ0v) is 16.2. The van der Waals surface area contributed by atoms with Gasteiger partial charge in [-0.3, -0.25) is 0 Å². The molecule has 0 amide bonds. The van der Waals surface area contributed by atoms with Gasteiger partial charge in [-0.15, -0.1) is 0 Å². The summed E-state index contributed by atoms with van der Waals surface area (Å²) in [5.74, 6) is 0. The van der Waals surface area contributed by atoms with Gasteiger partial charge in [0.05, 0.1) is 0 Å². The number of allylic oxidation sites excluding steroid dienone is 3. The molecule has 1 rings (SSSR count). The van der Waals surface area contributed by atoms with Crippen LogP contribution in [0, 0.1) is 0 Å². The van der Waals surface area contributed by atoms with Gasteiger partial charge in [-0.2, -0.15) is 0 Å². The van der Waals surface area contributed by atoms with Crippen molar-refractivity contribution in [3.05, 3.63) is 65.1 Å². The van der Waals surface area contributed by atoms with Gasteiger partial charge in [-0.05, 0) is 59.5 Å². The van der Waals surface area contributed by atoms with Gasteiger partial charge < -0.3 is 0 Å². The quantitative estimate of drug-likeness (QED) is 0.619. The summed E-state index contributed by atoms with van der Waals surface area (Å²) in [6.07, 6.45) is 12.0. The predicted molar refractivity (Wildman–Crippen MR) is 113 cm³/mol. The van der Waals surface area contributed by atoms with Gasteiger partial charge in [0.2, 0.25) is 0 Å². The van der Waals surface area contributed by atoms with E-state index in [2.05, 4.69) is 38.0 Å². The molecule has 0 saturated carbocycles. The first kappa shape index (κ1) is 23.2. The summed E-state index contributed by atoms with van der Waals surface area (Å²) < 4.78 is 0. The second kappa shape index (κ2) is 13.6. The molecule has 0 aromatic heterocycles. The second-order valence-electron chi connectivity index (χ2n) is 4.43. The molecule has 0 nitrogen and oxygen atoms in total. The zero-order chi connectivity index (χ0) is 18.4. The fourth-order valence-corrected chi connectivity index (χ4v) is 2.27. The first-order valence-electron chi connectivity index (χ1n) is 8.47. The Balaban J connectivity index is 0. The van der Waals surface area contributed by atoms with Crippen molar-refractivity contribution < 1.29 is 0 Å². The van der Waals surface area contributed by atoms with Gasteiger partial charge in [-0.25, -0.2) is 0 Å². The minimum absolute atomic E-state index is 1.05. The topological polar surface area (TPSA) is 0 Å². The highest BCUT2D eigenvalue weighted by molar-refractivity contribution is 5.79. The van der Waals surface area contributed by atoms with E-state index >= 15 is 0 Å². The molecule has 0 radical (unpaired) electrons. The average Bonchev–Trinajstić information content (AvgIpc) is 2.59. The van der Waals surface area contributed by atoms with Gasteiger partial charge in [0.25, 0.3) is 0 Å². The number of rotatable bonds is 4. The monoisotopic (exact) mass is 310 g/mol. The summed E-state index contributed by atoms with van der Waals surface area (Å²) in [5.41, 5.74) is 4.52. The lowest BCUT2D eigenvalue weighted by Crippen LogP contribution is -2.29. The highest BCUT2D eigenvalue weighted by atomic mass is 14.1. The third-order valence-corrected chi connectivity index (χ3v) is 3.05. The summed E-state index contributed by atoms with van der Waals surface area (Å²) in [7, 11) is 0. The molecule has 126 valence electrons. The van der Waals surface area contributed by atoms with Crippen molar-refractivity contribution in [1.82, 2.24) is 0 Å². The molecule has 0 aliphatic heterocycles. The molecule has 0 saturated heterocycles. The molecule has 0 heterocycles. The van der Waals surface area contributed by atoms with Crippen LogP contribution in [0.15, 0.2) is 38.0 Å². The van der Waals surface area contributed by atoms with E-state index in [4.69, 9.17) is 0 Å². The van der Waals surface area contributed by atoms with Crippen LogP contribution in [0.3, 0.4) is 0 Å². The molecule has 0 fully saturated rings. The maximum Gasteiger partial charge on any atom is -0.00762 e. The third-order valence-electron chi connectivity index (χ3n) is 3.05. The van der Waals surface area contributed by atoms with E-state index in [9.17, 15) is 0 Å². The van der Waals surface area contributed by atoms with Crippen LogP contribution in [0.25, 0.3) is 29.9 Å². The third kappa shape index (κ3) is 6.28. The molecule has 0 spiro atoms. The lowest BCUT2D eigenvalue weighted by Gasteiger charge is -2.12. The highest BCUT2D eigenvalue weighted by Gasteiger charge is 2.08. The van der Waals surface area contributed by atoms with E-state index < -0.39 is 0 Å². The van der Waals surface area contributed by atoms with Crippen molar-refractivity contribution >= 4 is 29.9 Å². The van der Waals surface area contributed by atoms with E-state index in [-0.39, 0.29) is 0 Å². The Bertz CT molecular complexity index is 652. The number of hydrogen-bond donors (Lipinski definition) is 0. The Hall–Kier alpha value is -2.08. The molecular formula is C23H34. The Morgan fingerprint density at radius 2 is 1.61 bits per heavy atom. The molecule has 23 heavy (non-hydrogen) atoms. The van der Waals surface area contributed by atoms with E-state index in [1.807, 2.05) is 72.8 Å². The number of benzene rings is 1. The molecular weight excluding hydrogens is 276 g/mol. The zero-order valence-electron chi connectivity index (χ0n) is 16.2. The number of hydrogen-bond acceptors (Lipinski definition) is 0. The minimum Gasteiger partial charge on any atom is -0.0990 e. The van der Waals surface area contributed by atoms with Crippen LogP contribution in [-0.2, 0) is 0 Å². The van der Waals surface area contributed by atoms with Gasteiger partial charge >= 0.3 is 0 Å². The summed E-state index contributed by atoms with van der Waals surface area (Å²) in [4.78, 5) is 0. The Morgan fingerprint density at radius 3 is 1.96 bits per heavy atom. The highest BCUT2D eigenvalue weighted by Crippen LogP contribution is 2.19. The van der Waals surface area contributed by atoms with Gasteiger partial charge in [0.1, 0.15) is 0 Å². The maximum atomic E-state index is 4.13. The van der Waals surface area contributed by atoms with Gasteiger partial charge in [0.15, 0.2) is 0 Å². The van der Waals surface area contributed by atoms with E-state index in [0.29, 0.717) is 0 Å². The fourth-order valence-electron chi connectivity index (χ4n) is 2.27. The summed E-state index contributed by atoms with van der Waals surface area (Å²) in [6, 6.07) is 2.16. The summed E-state index contributed by atoms with van der Waals surface area (Å²) in [5, 5.41) is 2.35. The lowest BCUT2D eigenvalue weighted by atomic mass is 9.92. The molecule has 1 aromatic carbocycles. The van der Waals surface area contributed by atoms with Crippen LogP contribution in [0.1, 0.15) is 65.2 Å². The summed E-state index contributed by atoms with van der Waals surface area (Å²) in [6.45, 7) is 26.0. The first-order chi connectivity index (χ1) is 11.1. The van der Waals surface area contributed by atoms with Crippen LogP contribution in [0.2, 0.25) is 0 Å². The van der Waals surface area contributed by atoms with Crippen molar-refractivity contribution in [3.63, 3.8) is 0 Å². The maximum absolute atomic E-state index is 4.13. The van der Waals surface area contributed by atoms with Crippen LogP contribution >= 0.6 is 0 Å².